The van der Waals surface area contributed by atoms with Crippen LogP contribution in [0.4, 0.5) is 11.4 Å². The number of amides is 1. The number of nitrogens with one attached hydrogen (secondary N) is 1. The highest BCUT2D eigenvalue weighted by atomic mass is 35.5. The highest BCUT2D eigenvalue weighted by Gasteiger charge is 2.14. The van der Waals surface area contributed by atoms with Gasteiger partial charge in [-0.15, -0.1) is 0 Å². The molecule has 1 aromatic heterocycles. The van der Waals surface area contributed by atoms with Crippen molar-refractivity contribution < 1.29 is 14.5 Å². The third-order valence-electron chi connectivity index (χ3n) is 3.61. The first-order valence-corrected chi connectivity index (χ1v) is 8.29. The van der Waals surface area contributed by atoms with Crippen LogP contribution in [0.3, 0.4) is 0 Å². The van der Waals surface area contributed by atoms with Crippen LogP contribution in [0.2, 0.25) is 5.02 Å². The fourth-order valence-corrected chi connectivity index (χ4v) is 2.55. The van der Waals surface area contributed by atoms with Gasteiger partial charge in [-0.05, 0) is 18.6 Å². The highest BCUT2D eigenvalue weighted by Crippen LogP contribution is 2.31. The fraction of sp³-hybridized carbons (Fsp3) is 0.111. The molecular formula is C18H15ClN4O4. The SMILES string of the molecule is Cc1ccccc1Oc1cc(NC(=O)Cn2cc(Cl)cn2)cc([N+](=O)[O-])c1. The zero-order valence-corrected chi connectivity index (χ0v) is 15.0. The van der Waals surface area contributed by atoms with Crippen molar-refractivity contribution >= 4 is 28.9 Å². The lowest BCUT2D eigenvalue weighted by atomic mass is 10.2. The number of ether oxygens (including phenoxy) is 1. The number of nitro benzene ring substituents is 1. The van der Waals surface area contributed by atoms with E-state index >= 15 is 0 Å². The summed E-state index contributed by atoms with van der Waals surface area (Å²) in [5.74, 6) is 0.412. The number of rotatable bonds is 6. The summed E-state index contributed by atoms with van der Waals surface area (Å²) in [6.45, 7) is 1.79. The molecule has 1 N–H and O–H groups in total. The fourth-order valence-electron chi connectivity index (χ4n) is 2.39. The Morgan fingerprint density at radius 3 is 2.78 bits per heavy atom. The molecule has 0 bridgehead atoms. The molecule has 3 aromatic rings. The van der Waals surface area contributed by atoms with Crippen molar-refractivity contribution in [3.8, 4) is 11.5 Å². The number of anilines is 1. The van der Waals surface area contributed by atoms with Crippen molar-refractivity contribution in [3.05, 3.63) is 75.6 Å². The predicted molar refractivity (Wildman–Crippen MR) is 100 cm³/mol. The van der Waals surface area contributed by atoms with E-state index in [2.05, 4.69) is 10.4 Å². The normalized spacial score (nSPS) is 10.4. The average Bonchev–Trinajstić information content (AvgIpc) is 3.01. The van der Waals surface area contributed by atoms with Crippen LogP contribution in [0.15, 0.2) is 54.9 Å². The minimum Gasteiger partial charge on any atom is -0.457 e. The van der Waals surface area contributed by atoms with Gasteiger partial charge >= 0.3 is 0 Å². The second-order valence-electron chi connectivity index (χ2n) is 5.74. The molecule has 0 saturated heterocycles. The Balaban J connectivity index is 1.81. The standard InChI is InChI=1S/C18H15ClN4O4/c1-12-4-2-3-5-17(12)27-16-7-14(6-15(8-16)23(25)26)21-18(24)11-22-10-13(19)9-20-22/h2-10H,11H2,1H3,(H,21,24). The number of aryl methyl sites for hydroxylation is 1. The van der Waals surface area contributed by atoms with Crippen molar-refractivity contribution in [1.82, 2.24) is 9.78 Å². The number of nitro groups is 1. The van der Waals surface area contributed by atoms with Crippen LogP contribution >= 0.6 is 11.6 Å². The Bertz CT molecular complexity index is 1000. The Morgan fingerprint density at radius 2 is 2.11 bits per heavy atom. The predicted octanol–water partition coefficient (Wildman–Crippen LogP) is 4.18. The van der Waals surface area contributed by atoms with Gasteiger partial charge in [0.05, 0.1) is 27.9 Å². The van der Waals surface area contributed by atoms with E-state index in [0.29, 0.717) is 10.8 Å². The quantitative estimate of drug-likeness (QED) is 0.506. The van der Waals surface area contributed by atoms with Crippen LogP contribution in [0, 0.1) is 17.0 Å². The first-order valence-electron chi connectivity index (χ1n) is 7.91. The number of para-hydroxylation sites is 1. The van der Waals surface area contributed by atoms with Gasteiger partial charge in [0.1, 0.15) is 18.0 Å². The molecule has 0 aliphatic rings. The van der Waals surface area contributed by atoms with Gasteiger partial charge in [-0.2, -0.15) is 5.10 Å². The highest BCUT2D eigenvalue weighted by molar-refractivity contribution is 6.30. The zero-order valence-electron chi connectivity index (χ0n) is 14.3. The van der Waals surface area contributed by atoms with E-state index in [0.717, 1.165) is 5.56 Å². The van der Waals surface area contributed by atoms with E-state index < -0.39 is 10.8 Å². The van der Waals surface area contributed by atoms with E-state index in [1.54, 1.807) is 12.1 Å². The minimum absolute atomic E-state index is 0.0800. The number of nitrogens with zero attached hydrogens (tertiary/aromatic N) is 3. The van der Waals surface area contributed by atoms with E-state index in [-0.39, 0.29) is 23.7 Å². The Kier molecular flexibility index (Phi) is 5.37. The molecule has 0 spiro atoms. The van der Waals surface area contributed by atoms with Crippen LogP contribution in [-0.2, 0) is 11.3 Å². The average molecular weight is 387 g/mol. The van der Waals surface area contributed by atoms with Crippen LogP contribution < -0.4 is 10.1 Å². The number of hydrogen-bond donors (Lipinski definition) is 1. The first kappa shape index (κ1) is 18.4. The van der Waals surface area contributed by atoms with Gasteiger partial charge in [0.25, 0.3) is 5.69 Å². The molecule has 0 saturated carbocycles. The molecule has 9 heteroatoms. The zero-order chi connectivity index (χ0) is 19.4. The molecular weight excluding hydrogens is 372 g/mol. The molecule has 27 heavy (non-hydrogen) atoms. The molecule has 0 aliphatic carbocycles. The van der Waals surface area contributed by atoms with E-state index in [1.165, 1.54) is 35.3 Å². The largest absolute Gasteiger partial charge is 0.457 e. The summed E-state index contributed by atoms with van der Waals surface area (Å²) in [6, 6.07) is 11.4. The van der Waals surface area contributed by atoms with E-state index in [9.17, 15) is 14.9 Å². The van der Waals surface area contributed by atoms with E-state index in [1.807, 2.05) is 19.1 Å². The monoisotopic (exact) mass is 386 g/mol. The first-order chi connectivity index (χ1) is 12.9. The second-order valence-corrected chi connectivity index (χ2v) is 6.18. The Hall–Kier alpha value is -3.39. The number of carbonyl (C=O) groups excluding carboxylic acids is 1. The van der Waals surface area contributed by atoms with Gasteiger partial charge in [0.15, 0.2) is 0 Å². The Morgan fingerprint density at radius 1 is 1.33 bits per heavy atom. The number of carbonyl (C=O) groups is 1. The van der Waals surface area contributed by atoms with Gasteiger partial charge in [-0.3, -0.25) is 19.6 Å². The van der Waals surface area contributed by atoms with Crippen LogP contribution in [0.1, 0.15) is 5.56 Å². The molecule has 0 atom stereocenters. The molecule has 2 aromatic carbocycles. The van der Waals surface area contributed by atoms with Crippen molar-refractivity contribution in [2.24, 2.45) is 0 Å². The molecule has 3 rings (SSSR count). The van der Waals surface area contributed by atoms with Gasteiger partial charge in [-0.1, -0.05) is 29.8 Å². The van der Waals surface area contributed by atoms with Crippen molar-refractivity contribution in [2.75, 3.05) is 5.32 Å². The summed E-state index contributed by atoms with van der Waals surface area (Å²) in [6.07, 6.45) is 2.91. The molecule has 0 aliphatic heterocycles. The van der Waals surface area contributed by atoms with Crippen LogP contribution in [-0.4, -0.2) is 20.6 Å². The molecule has 0 fully saturated rings. The van der Waals surface area contributed by atoms with Crippen LogP contribution in [0.5, 0.6) is 11.5 Å². The summed E-state index contributed by atoms with van der Waals surface area (Å²) in [5, 5.41) is 18.1. The topological polar surface area (TPSA) is 99.3 Å². The molecule has 138 valence electrons. The molecule has 1 heterocycles. The van der Waals surface area contributed by atoms with Gasteiger partial charge < -0.3 is 10.1 Å². The maximum absolute atomic E-state index is 12.2. The van der Waals surface area contributed by atoms with Crippen molar-refractivity contribution in [1.29, 1.82) is 0 Å². The molecule has 8 nitrogen and oxygen atoms in total. The smallest absolute Gasteiger partial charge is 0.275 e. The van der Waals surface area contributed by atoms with Gasteiger partial charge in [0, 0.05) is 18.3 Å². The molecule has 0 unspecified atom stereocenters. The number of non-ortho nitro benzene ring substituents is 1. The maximum Gasteiger partial charge on any atom is 0.275 e. The third-order valence-corrected chi connectivity index (χ3v) is 3.81. The Labute approximate surface area is 159 Å². The summed E-state index contributed by atoms with van der Waals surface area (Å²) < 4.78 is 7.11. The summed E-state index contributed by atoms with van der Waals surface area (Å²) in [4.78, 5) is 22.8. The summed E-state index contributed by atoms with van der Waals surface area (Å²) >= 11 is 5.76. The summed E-state index contributed by atoms with van der Waals surface area (Å²) in [7, 11) is 0. The molecule has 0 radical (unpaired) electrons. The number of halogens is 1. The number of hydrogen-bond acceptors (Lipinski definition) is 5. The number of benzene rings is 2. The van der Waals surface area contributed by atoms with Gasteiger partial charge in [-0.25, -0.2) is 0 Å². The van der Waals surface area contributed by atoms with E-state index in [4.69, 9.17) is 16.3 Å². The maximum atomic E-state index is 12.2. The minimum atomic E-state index is -0.548. The van der Waals surface area contributed by atoms with Crippen molar-refractivity contribution in [3.63, 3.8) is 0 Å². The molecule has 1 amide bonds. The summed E-state index contributed by atoms with van der Waals surface area (Å²) in [5.41, 5.74) is 0.930. The van der Waals surface area contributed by atoms with Gasteiger partial charge in [0.2, 0.25) is 5.91 Å². The van der Waals surface area contributed by atoms with Crippen molar-refractivity contribution in [2.45, 2.75) is 13.5 Å². The lowest BCUT2D eigenvalue weighted by molar-refractivity contribution is -0.384. The lowest BCUT2D eigenvalue weighted by Gasteiger charge is -2.11. The second kappa shape index (κ2) is 7.88. The number of aromatic nitrogens is 2. The van der Waals surface area contributed by atoms with Crippen LogP contribution in [0.25, 0.3) is 0 Å². The third kappa shape index (κ3) is 4.83. The lowest BCUT2D eigenvalue weighted by Crippen LogP contribution is -2.19.